The van der Waals surface area contributed by atoms with Gasteiger partial charge in [-0.1, -0.05) is 72.8 Å². The number of likely N-dealkylation sites (N-methyl/N-ethyl adjacent to an activating group) is 1. The van der Waals surface area contributed by atoms with E-state index in [-0.39, 0.29) is 18.6 Å². The third-order valence-corrected chi connectivity index (χ3v) is 5.61. The summed E-state index contributed by atoms with van der Waals surface area (Å²) in [6, 6.07) is 25.2. The van der Waals surface area contributed by atoms with Crippen molar-refractivity contribution in [1.29, 1.82) is 0 Å². The van der Waals surface area contributed by atoms with Gasteiger partial charge in [0.15, 0.2) is 0 Å². The smallest absolute Gasteiger partial charge is 0.315 e. The van der Waals surface area contributed by atoms with Crippen molar-refractivity contribution in [2.24, 2.45) is 0 Å². The van der Waals surface area contributed by atoms with Gasteiger partial charge in [0.2, 0.25) is 0 Å². The molecule has 0 radical (unpaired) electrons. The lowest BCUT2D eigenvalue weighted by Crippen LogP contribution is -2.40. The van der Waals surface area contributed by atoms with E-state index in [0.717, 1.165) is 29.7 Å². The van der Waals surface area contributed by atoms with E-state index in [0.29, 0.717) is 0 Å². The highest BCUT2D eigenvalue weighted by molar-refractivity contribution is 5.75. The molecular weight excluding hydrogens is 374 g/mol. The topological polar surface area (TPSA) is 64.6 Å². The molecule has 0 spiro atoms. The molecule has 4 rings (SSSR count). The number of aliphatic hydroxyl groups excluding tert-OH is 1. The number of hydrogen-bond acceptors (Lipinski definition) is 3. The van der Waals surface area contributed by atoms with E-state index >= 15 is 0 Å². The molecule has 1 aliphatic rings. The number of nitrogens with one attached hydrogen (secondary N) is 2. The maximum absolute atomic E-state index is 12.6. The number of hydrogen-bond donors (Lipinski definition) is 3. The van der Waals surface area contributed by atoms with Crippen LogP contribution in [0.5, 0.6) is 0 Å². The van der Waals surface area contributed by atoms with Crippen molar-refractivity contribution >= 4 is 11.7 Å². The average molecular weight is 402 g/mol. The SMILES string of the molecule is CN1CCc2cc([C@H](O)CNC(=O)NC(c3ccccc3)c3ccccc3)ccc21. The van der Waals surface area contributed by atoms with Crippen LogP contribution in [-0.4, -0.2) is 31.3 Å². The van der Waals surface area contributed by atoms with Gasteiger partial charge in [0.1, 0.15) is 0 Å². The summed E-state index contributed by atoms with van der Waals surface area (Å²) in [5.74, 6) is 0. The zero-order chi connectivity index (χ0) is 20.9. The number of benzene rings is 3. The van der Waals surface area contributed by atoms with Gasteiger partial charge < -0.3 is 20.6 Å². The monoisotopic (exact) mass is 401 g/mol. The Morgan fingerprint density at radius 2 is 1.60 bits per heavy atom. The summed E-state index contributed by atoms with van der Waals surface area (Å²) in [5.41, 5.74) is 5.29. The molecule has 5 heteroatoms. The lowest BCUT2D eigenvalue weighted by molar-refractivity contribution is 0.172. The average Bonchev–Trinajstić information content (AvgIpc) is 3.17. The van der Waals surface area contributed by atoms with Crippen molar-refractivity contribution in [3.63, 3.8) is 0 Å². The first-order valence-corrected chi connectivity index (χ1v) is 10.3. The lowest BCUT2D eigenvalue weighted by Gasteiger charge is -2.21. The number of fused-ring (bicyclic) bond motifs is 1. The number of amides is 2. The van der Waals surface area contributed by atoms with E-state index in [1.54, 1.807) is 0 Å². The molecule has 30 heavy (non-hydrogen) atoms. The van der Waals surface area contributed by atoms with Crippen molar-refractivity contribution in [2.45, 2.75) is 18.6 Å². The summed E-state index contributed by atoms with van der Waals surface area (Å²) in [5, 5.41) is 16.4. The second-order valence-corrected chi connectivity index (χ2v) is 7.68. The van der Waals surface area contributed by atoms with Gasteiger partial charge in [0, 0.05) is 25.8 Å². The van der Waals surface area contributed by atoms with Crippen LogP contribution in [0.2, 0.25) is 0 Å². The first-order chi connectivity index (χ1) is 14.6. The Balaban J connectivity index is 1.40. The van der Waals surface area contributed by atoms with Gasteiger partial charge in [-0.15, -0.1) is 0 Å². The Labute approximate surface area is 177 Å². The van der Waals surface area contributed by atoms with Crippen molar-refractivity contribution in [1.82, 2.24) is 10.6 Å². The van der Waals surface area contributed by atoms with Crippen LogP contribution < -0.4 is 15.5 Å². The minimum Gasteiger partial charge on any atom is -0.387 e. The molecule has 0 bridgehead atoms. The summed E-state index contributed by atoms with van der Waals surface area (Å²) >= 11 is 0. The van der Waals surface area contributed by atoms with Gasteiger partial charge in [-0.2, -0.15) is 0 Å². The van der Waals surface area contributed by atoms with Crippen LogP contribution in [-0.2, 0) is 6.42 Å². The molecule has 3 aromatic carbocycles. The van der Waals surface area contributed by atoms with Crippen molar-refractivity contribution in [3.05, 3.63) is 101 Å². The molecule has 0 saturated carbocycles. The van der Waals surface area contributed by atoms with Crippen LogP contribution in [0.25, 0.3) is 0 Å². The summed E-state index contributed by atoms with van der Waals surface area (Å²) in [6.45, 7) is 1.15. The van der Waals surface area contributed by atoms with Crippen LogP contribution >= 0.6 is 0 Å². The highest BCUT2D eigenvalue weighted by Crippen LogP contribution is 2.29. The molecule has 3 N–H and O–H groups in total. The minimum absolute atomic E-state index is 0.150. The van der Waals surface area contributed by atoms with Gasteiger partial charge >= 0.3 is 6.03 Å². The Hall–Kier alpha value is -3.31. The molecule has 2 amide bonds. The fourth-order valence-corrected chi connectivity index (χ4v) is 3.93. The molecule has 1 atom stereocenters. The summed E-state index contributed by atoms with van der Waals surface area (Å²) in [7, 11) is 2.07. The quantitative estimate of drug-likeness (QED) is 0.589. The van der Waals surface area contributed by atoms with Gasteiger partial charge in [-0.3, -0.25) is 0 Å². The lowest BCUT2D eigenvalue weighted by atomic mass is 9.99. The molecule has 0 fully saturated rings. The number of carbonyl (C=O) groups excluding carboxylic acids is 1. The number of aliphatic hydroxyl groups is 1. The molecule has 0 aromatic heterocycles. The molecule has 1 heterocycles. The van der Waals surface area contributed by atoms with Gasteiger partial charge in [0.05, 0.1) is 12.1 Å². The summed E-state index contributed by atoms with van der Waals surface area (Å²) < 4.78 is 0. The molecule has 3 aromatic rings. The number of urea groups is 1. The van der Waals surface area contributed by atoms with Crippen LogP contribution in [0.1, 0.15) is 34.4 Å². The molecule has 0 saturated heterocycles. The standard InChI is InChI=1S/C25H27N3O2/c1-28-15-14-20-16-21(12-13-22(20)28)23(29)17-26-25(30)27-24(18-8-4-2-5-9-18)19-10-6-3-7-11-19/h2-13,16,23-24,29H,14-15,17H2,1H3,(H2,26,27,30)/t23-/m1/s1. The first kappa shape index (κ1) is 20.0. The van der Waals surface area contributed by atoms with Crippen LogP contribution in [0.3, 0.4) is 0 Å². The molecule has 154 valence electrons. The van der Waals surface area contributed by atoms with E-state index in [1.165, 1.54) is 11.3 Å². The van der Waals surface area contributed by atoms with Crippen LogP contribution in [0.4, 0.5) is 10.5 Å². The molecule has 5 nitrogen and oxygen atoms in total. The highest BCUT2D eigenvalue weighted by Gasteiger charge is 2.20. The maximum Gasteiger partial charge on any atom is 0.315 e. The predicted molar refractivity (Wildman–Crippen MR) is 120 cm³/mol. The molecule has 0 unspecified atom stereocenters. The second kappa shape index (κ2) is 9.01. The zero-order valence-electron chi connectivity index (χ0n) is 17.1. The predicted octanol–water partition coefficient (Wildman–Crippen LogP) is 3.80. The fraction of sp³-hybridized carbons (Fsp3) is 0.240. The third kappa shape index (κ3) is 4.47. The molecule has 1 aliphatic heterocycles. The van der Waals surface area contributed by atoms with Crippen molar-refractivity contribution in [3.8, 4) is 0 Å². The highest BCUT2D eigenvalue weighted by atomic mass is 16.3. The van der Waals surface area contributed by atoms with Gasteiger partial charge in [-0.05, 0) is 34.7 Å². The number of carbonyl (C=O) groups is 1. The summed E-state index contributed by atoms with van der Waals surface area (Å²) in [6.07, 6.45) is 0.231. The minimum atomic E-state index is -0.751. The van der Waals surface area contributed by atoms with E-state index in [2.05, 4.69) is 22.6 Å². The van der Waals surface area contributed by atoms with E-state index in [9.17, 15) is 9.90 Å². The zero-order valence-corrected chi connectivity index (χ0v) is 17.1. The van der Waals surface area contributed by atoms with Gasteiger partial charge in [-0.25, -0.2) is 4.79 Å². The molecular formula is C25H27N3O2. The number of anilines is 1. The number of rotatable bonds is 6. The van der Waals surface area contributed by atoms with Crippen LogP contribution in [0, 0.1) is 0 Å². The maximum atomic E-state index is 12.6. The summed E-state index contributed by atoms with van der Waals surface area (Å²) in [4.78, 5) is 14.8. The van der Waals surface area contributed by atoms with Crippen molar-refractivity contribution in [2.75, 3.05) is 25.0 Å². The van der Waals surface area contributed by atoms with Crippen LogP contribution in [0.15, 0.2) is 78.9 Å². The van der Waals surface area contributed by atoms with Crippen molar-refractivity contribution < 1.29 is 9.90 Å². The first-order valence-electron chi connectivity index (χ1n) is 10.3. The fourth-order valence-electron chi connectivity index (χ4n) is 3.93. The van der Waals surface area contributed by atoms with E-state index in [1.807, 2.05) is 78.9 Å². The second-order valence-electron chi connectivity index (χ2n) is 7.68. The normalized spacial score (nSPS) is 13.8. The van der Waals surface area contributed by atoms with Gasteiger partial charge in [0.25, 0.3) is 0 Å². The largest absolute Gasteiger partial charge is 0.387 e. The number of nitrogens with zero attached hydrogens (tertiary/aromatic N) is 1. The Morgan fingerprint density at radius 3 is 2.23 bits per heavy atom. The van der Waals surface area contributed by atoms with E-state index in [4.69, 9.17) is 0 Å². The Kier molecular flexibility index (Phi) is 6.00. The molecule has 0 aliphatic carbocycles. The third-order valence-electron chi connectivity index (χ3n) is 5.61. The van der Waals surface area contributed by atoms with E-state index < -0.39 is 6.10 Å². The Morgan fingerprint density at radius 1 is 0.967 bits per heavy atom. The Bertz CT molecular complexity index is 952.